The van der Waals surface area contributed by atoms with Crippen molar-refractivity contribution in [1.29, 1.82) is 0 Å². The number of aromatic nitrogens is 5. The number of methoxy groups -OCH3 is 1. The minimum Gasteiger partial charge on any atom is -0.507 e. The number of aromatic hydroxyl groups is 1. The number of pyridine rings is 1. The number of thiazole rings is 1. The highest BCUT2D eigenvalue weighted by Crippen LogP contribution is 2.41. The second-order valence-electron chi connectivity index (χ2n) is 24.1. The summed E-state index contributed by atoms with van der Waals surface area (Å²) in [7, 11) is 1.60. The summed E-state index contributed by atoms with van der Waals surface area (Å²) in [6, 6.07) is 22.5. The molecule has 440 valence electrons. The van der Waals surface area contributed by atoms with Gasteiger partial charge in [-0.1, -0.05) is 55.4 Å². The molecule has 6 aromatic rings. The molecule has 6 aliphatic rings. The number of rotatable bonds is 19. The number of benzene rings is 2. The molecule has 83 heavy (non-hydrogen) atoms. The van der Waals surface area contributed by atoms with Gasteiger partial charge in [0.2, 0.25) is 17.7 Å². The number of nitrogens with zero attached hydrogens (tertiary/aromatic N) is 10. The Labute approximate surface area is 489 Å². The van der Waals surface area contributed by atoms with Crippen molar-refractivity contribution in [2.75, 3.05) is 86.5 Å². The number of aliphatic hydroxyl groups is 1. The molecule has 1 saturated carbocycles. The molecule has 2 unspecified atom stereocenters. The van der Waals surface area contributed by atoms with Gasteiger partial charge in [-0.25, -0.2) is 9.97 Å². The number of aliphatic hydroxyl groups excluding tert-OH is 1. The summed E-state index contributed by atoms with van der Waals surface area (Å²) in [5.41, 5.74) is 14.3. The summed E-state index contributed by atoms with van der Waals surface area (Å²) in [4.78, 5) is 49.9. The number of para-hydroxylation sites is 1. The molecule has 21 heteroatoms. The number of nitrogens with two attached hydrogens (primary N) is 1. The summed E-state index contributed by atoms with van der Waals surface area (Å²) in [5, 5.41) is 37.6. The van der Waals surface area contributed by atoms with Gasteiger partial charge >= 0.3 is 0 Å². The molecule has 6 fully saturated rings. The van der Waals surface area contributed by atoms with E-state index < -0.39 is 24.1 Å². The number of fused-ring (bicyclic) bond motifs is 2. The highest BCUT2D eigenvalue weighted by molar-refractivity contribution is 7.13. The molecule has 2 bridgehead atoms. The third-order valence-electron chi connectivity index (χ3n) is 18.1. The van der Waals surface area contributed by atoms with Crippen molar-refractivity contribution in [3.8, 4) is 33.3 Å². The van der Waals surface area contributed by atoms with E-state index in [0.29, 0.717) is 46.7 Å². The first-order valence-electron chi connectivity index (χ1n) is 29.8. The van der Waals surface area contributed by atoms with Gasteiger partial charge in [0.1, 0.15) is 23.8 Å². The van der Waals surface area contributed by atoms with Gasteiger partial charge in [0, 0.05) is 120 Å². The second-order valence-corrected chi connectivity index (χ2v) is 24.9. The molecule has 5 saturated heterocycles. The number of hydrogen-bond donors (Lipinski definition) is 4. The second kappa shape index (κ2) is 24.7. The first-order chi connectivity index (χ1) is 40.3. The largest absolute Gasteiger partial charge is 0.507 e. The third kappa shape index (κ3) is 12.4. The standard InChI is InChI=1S/C62H78N12O8S/c1-37(2)58(62(78)73-34-45(75)26-53(73)61(77)66-51(35-79-4)40-9-11-41(12-10-40)59-38(3)65-36-83-59)55-30-56(69-82-55)71-23-16-39(17-24-71)31-70-21-18-46(19-22-70)80-47-27-48(28-47)81-57-25-42(15-20-64-57)74-43-13-14-44(74)33-72(32-43)52-29-50(67-68-60(52)63)49-7-5-6-8-54(49)76/h5-12,15,20,25,29-30,36-37,39,43-48,51,53,58,75-76H,13-14,16-19,21-24,26-28,31-35H2,1-4H3,(H2,63,68)(H,66,77)/t43?,44?,45-,47-,48-,51+,53+,58-/m1/s1. The van der Waals surface area contributed by atoms with E-state index in [1.54, 1.807) is 30.6 Å². The number of phenolic OH excluding ortho intramolecular Hbond substituents is 1. The summed E-state index contributed by atoms with van der Waals surface area (Å²) >= 11 is 1.59. The molecule has 20 nitrogen and oxygen atoms in total. The van der Waals surface area contributed by atoms with Gasteiger partial charge in [0.05, 0.1) is 58.4 Å². The smallest absolute Gasteiger partial charge is 0.243 e. The number of carbonyl (C=O) groups excluding carboxylic acids is 2. The number of aryl methyl sites for hydroxylation is 1. The number of nitrogen functional groups attached to an aromatic ring is 1. The average Bonchev–Trinajstić information content (AvgIpc) is 4.20. The van der Waals surface area contributed by atoms with Gasteiger partial charge < -0.3 is 64.5 Å². The molecule has 5 aliphatic heterocycles. The Hall–Kier alpha value is -6.91. The van der Waals surface area contributed by atoms with Crippen LogP contribution in [-0.2, 0) is 19.1 Å². The monoisotopic (exact) mass is 1150 g/mol. The van der Waals surface area contributed by atoms with Gasteiger partial charge in [0.25, 0.3) is 0 Å². The maximum Gasteiger partial charge on any atom is 0.243 e. The minimum atomic E-state index is -0.855. The van der Waals surface area contributed by atoms with Crippen LogP contribution >= 0.6 is 11.3 Å². The fourth-order valence-corrected chi connectivity index (χ4v) is 14.4. The van der Waals surface area contributed by atoms with E-state index >= 15 is 0 Å². The Balaban J connectivity index is 0.569. The average molecular weight is 1150 g/mol. The van der Waals surface area contributed by atoms with E-state index in [4.69, 9.17) is 24.5 Å². The molecule has 2 amide bonds. The number of hydrogen-bond acceptors (Lipinski definition) is 19. The van der Waals surface area contributed by atoms with Gasteiger partial charge in [-0.15, -0.1) is 21.5 Å². The van der Waals surface area contributed by atoms with Gasteiger partial charge in [0.15, 0.2) is 17.4 Å². The van der Waals surface area contributed by atoms with Crippen molar-refractivity contribution in [3.05, 3.63) is 102 Å². The molecule has 4 aromatic heterocycles. The zero-order chi connectivity index (χ0) is 57.3. The van der Waals surface area contributed by atoms with Crippen LogP contribution in [0.1, 0.15) is 101 Å². The molecule has 0 radical (unpaired) electrons. The highest BCUT2D eigenvalue weighted by atomic mass is 32.1. The first-order valence-corrected chi connectivity index (χ1v) is 30.7. The lowest BCUT2D eigenvalue weighted by molar-refractivity contribution is -0.141. The van der Waals surface area contributed by atoms with Crippen LogP contribution in [0.25, 0.3) is 21.7 Å². The number of ether oxygens (including phenoxy) is 3. The molecule has 5 N–H and O–H groups in total. The number of β-amino-alcohol motifs (C(OH)–C–C–N with tert-alkyl or cyclic N) is 1. The van der Waals surface area contributed by atoms with Crippen LogP contribution in [0.15, 0.2) is 89.0 Å². The van der Waals surface area contributed by atoms with Gasteiger partial charge in [-0.2, -0.15) is 0 Å². The lowest BCUT2D eigenvalue weighted by Gasteiger charge is -2.43. The first kappa shape index (κ1) is 56.6. The lowest BCUT2D eigenvalue weighted by Crippen LogP contribution is -2.54. The SMILES string of the molecule is COC[C@H](NC(=O)[C@@H]1C[C@@H](O)CN1C(=O)[C@@H](c1cc(N2CCC(CN3CCC(O[C@H]4C[C@H](Oc5cc(N6C7CCC6CN(c6cc(-c8ccccc8O)nnc6N)C7)ccn5)C4)CC3)CC2)no1)C(C)C)c1ccc(-c2scnc2C)cc1. The fraction of sp³-hybridized carbons (Fsp3) is 0.532. The molecular weight excluding hydrogens is 1070 g/mol. The highest BCUT2D eigenvalue weighted by Gasteiger charge is 2.45. The number of piperazine rings is 1. The number of piperidine rings is 2. The predicted octanol–water partition coefficient (Wildman–Crippen LogP) is 7.62. The Morgan fingerprint density at radius 1 is 0.855 bits per heavy atom. The zero-order valence-electron chi connectivity index (χ0n) is 48.0. The van der Waals surface area contributed by atoms with Crippen molar-refractivity contribution in [2.45, 2.75) is 133 Å². The lowest BCUT2D eigenvalue weighted by atomic mass is 9.91. The Morgan fingerprint density at radius 2 is 1.61 bits per heavy atom. The number of phenols is 1. The van der Waals surface area contributed by atoms with Crippen LogP contribution < -0.4 is 30.5 Å². The topological polar surface area (TPSA) is 234 Å². The summed E-state index contributed by atoms with van der Waals surface area (Å²) in [6.45, 7) is 12.7. The normalized spacial score (nSPS) is 24.1. The quantitative estimate of drug-likeness (QED) is 0.0611. The maximum absolute atomic E-state index is 14.5. The van der Waals surface area contributed by atoms with E-state index in [0.717, 1.165) is 136 Å². The molecule has 0 spiro atoms. The molecular formula is C62H78N12O8S. The number of amides is 2. The third-order valence-corrected chi connectivity index (χ3v) is 19.1. The number of anilines is 4. The summed E-state index contributed by atoms with van der Waals surface area (Å²) < 4.78 is 24.6. The fourth-order valence-electron chi connectivity index (χ4n) is 13.6. The van der Waals surface area contributed by atoms with Gasteiger partial charge in [-0.3, -0.25) is 9.59 Å². The van der Waals surface area contributed by atoms with Crippen LogP contribution in [-0.4, -0.2) is 166 Å². The zero-order valence-corrected chi connectivity index (χ0v) is 48.8. The van der Waals surface area contributed by atoms with Crippen molar-refractivity contribution >= 4 is 46.2 Å². The van der Waals surface area contributed by atoms with E-state index in [1.165, 1.54) is 4.90 Å². The Bertz CT molecular complexity index is 3180. The summed E-state index contributed by atoms with van der Waals surface area (Å²) in [6.07, 6.45) is 9.72. The Morgan fingerprint density at radius 3 is 2.33 bits per heavy atom. The predicted molar refractivity (Wildman–Crippen MR) is 317 cm³/mol. The van der Waals surface area contributed by atoms with Crippen LogP contribution in [0.4, 0.5) is 23.0 Å². The van der Waals surface area contributed by atoms with Crippen LogP contribution in [0.5, 0.6) is 11.6 Å². The number of carbonyl (C=O) groups is 2. The Kier molecular flexibility index (Phi) is 16.9. The van der Waals surface area contributed by atoms with Crippen molar-refractivity contribution < 1.29 is 38.5 Å². The molecule has 9 heterocycles. The van der Waals surface area contributed by atoms with Crippen molar-refractivity contribution in [3.63, 3.8) is 0 Å². The van der Waals surface area contributed by atoms with Crippen LogP contribution in [0.2, 0.25) is 0 Å². The molecule has 6 atom stereocenters. The molecule has 1 aliphatic carbocycles. The van der Waals surface area contributed by atoms with Crippen LogP contribution in [0.3, 0.4) is 0 Å². The maximum atomic E-state index is 14.5. The summed E-state index contributed by atoms with van der Waals surface area (Å²) in [5.74, 6) is 1.56. The number of nitrogens with one attached hydrogen (secondary N) is 1. The van der Waals surface area contributed by atoms with Crippen molar-refractivity contribution in [1.82, 2.24) is 40.4 Å². The van der Waals surface area contributed by atoms with E-state index in [9.17, 15) is 19.8 Å². The minimum absolute atomic E-state index is 0.0572. The number of likely N-dealkylation sites (tertiary alicyclic amines) is 2. The van der Waals surface area contributed by atoms with E-state index in [-0.39, 0.29) is 61.4 Å². The molecule has 2 aromatic carbocycles. The van der Waals surface area contributed by atoms with Crippen LogP contribution in [0, 0.1) is 18.8 Å². The van der Waals surface area contributed by atoms with E-state index in [1.807, 2.05) is 81.0 Å². The van der Waals surface area contributed by atoms with E-state index in [2.05, 4.69) is 62.4 Å². The van der Waals surface area contributed by atoms with Crippen molar-refractivity contribution in [2.24, 2.45) is 11.8 Å². The molecule has 12 rings (SSSR count). The van der Waals surface area contributed by atoms with Gasteiger partial charge in [-0.05, 0) is 92.7 Å².